The topological polar surface area (TPSA) is 49.8 Å². The van der Waals surface area contributed by atoms with Crippen LogP contribution in [0.25, 0.3) is 0 Å². The van der Waals surface area contributed by atoms with Crippen LogP contribution < -0.4 is 0 Å². The number of hydrogen-bond donors (Lipinski definition) is 1. The molecule has 0 bridgehead atoms. The van der Waals surface area contributed by atoms with E-state index in [1.165, 1.54) is 6.08 Å². The van der Waals surface area contributed by atoms with Crippen LogP contribution in [-0.4, -0.2) is 42.9 Å². The number of unbranched alkanes of at least 4 members (excludes halogenated alkanes) is 1. The van der Waals surface area contributed by atoms with Gasteiger partial charge >= 0.3 is 0 Å². The quantitative estimate of drug-likeness (QED) is 0.402. The Balaban J connectivity index is 0. The lowest BCUT2D eigenvalue weighted by Gasteiger charge is -2.14. The Morgan fingerprint density at radius 1 is 1.40 bits per heavy atom. The summed E-state index contributed by atoms with van der Waals surface area (Å²) in [6, 6.07) is 0. The average molecular weight is 285 g/mol. The molecule has 0 aliphatic heterocycles. The first-order valence-electron chi connectivity index (χ1n) is 7.12. The van der Waals surface area contributed by atoms with Gasteiger partial charge in [-0.05, 0) is 38.2 Å². The predicted molar refractivity (Wildman–Crippen MR) is 84.4 cm³/mol. The minimum atomic E-state index is -0.787. The zero-order valence-corrected chi connectivity index (χ0v) is 13.5. The summed E-state index contributed by atoms with van der Waals surface area (Å²) in [5, 5.41) is 8.52. The van der Waals surface area contributed by atoms with E-state index in [0.29, 0.717) is 18.9 Å². The number of ether oxygens (including phenoxy) is 1. The van der Waals surface area contributed by atoms with Crippen molar-refractivity contribution in [1.29, 1.82) is 0 Å². The minimum Gasteiger partial charge on any atom is -0.365 e. The maximum atomic E-state index is 11.3. The summed E-state index contributed by atoms with van der Waals surface area (Å²) in [5.74, 6) is 0.723. The van der Waals surface area contributed by atoms with E-state index in [0.717, 1.165) is 19.3 Å². The van der Waals surface area contributed by atoms with E-state index in [4.69, 9.17) is 5.11 Å². The van der Waals surface area contributed by atoms with Crippen LogP contribution in [0.2, 0.25) is 0 Å². The van der Waals surface area contributed by atoms with E-state index in [2.05, 4.69) is 24.8 Å². The molecule has 1 amide bonds. The van der Waals surface area contributed by atoms with Gasteiger partial charge < -0.3 is 14.7 Å². The second-order valence-electron chi connectivity index (χ2n) is 4.90. The lowest BCUT2D eigenvalue weighted by molar-refractivity contribution is -0.129. The molecule has 0 fully saturated rings. The lowest BCUT2D eigenvalue weighted by Crippen LogP contribution is -2.23. The summed E-state index contributed by atoms with van der Waals surface area (Å²) in [6.45, 7) is 11.4. The fourth-order valence-electron chi connectivity index (χ4n) is 1.43. The molecule has 2 atom stereocenters. The molecule has 0 aliphatic rings. The largest absolute Gasteiger partial charge is 0.365 e. The Morgan fingerprint density at radius 3 is 2.35 bits per heavy atom. The van der Waals surface area contributed by atoms with Crippen molar-refractivity contribution >= 4 is 5.91 Å². The van der Waals surface area contributed by atoms with Crippen LogP contribution in [0.5, 0.6) is 0 Å². The summed E-state index contributed by atoms with van der Waals surface area (Å²) in [5.41, 5.74) is 0. The van der Waals surface area contributed by atoms with Crippen molar-refractivity contribution in [1.82, 2.24) is 4.90 Å². The molecule has 0 rings (SSSR count). The molecule has 0 saturated carbocycles. The van der Waals surface area contributed by atoms with Gasteiger partial charge in [0.15, 0.2) is 6.29 Å². The van der Waals surface area contributed by atoms with Gasteiger partial charge in [-0.25, -0.2) is 0 Å². The molecule has 0 aromatic rings. The van der Waals surface area contributed by atoms with E-state index < -0.39 is 6.29 Å². The number of rotatable bonds is 9. The Bertz CT molecular complexity index is 264. The van der Waals surface area contributed by atoms with Crippen molar-refractivity contribution in [3.63, 3.8) is 0 Å². The van der Waals surface area contributed by atoms with Crippen molar-refractivity contribution in [2.75, 3.05) is 20.7 Å². The second kappa shape index (κ2) is 14.3. The van der Waals surface area contributed by atoms with E-state index in [9.17, 15) is 4.79 Å². The number of carbonyl (C=O) groups is 1. The molecular weight excluding hydrogens is 254 g/mol. The number of amides is 1. The van der Waals surface area contributed by atoms with E-state index in [1.807, 2.05) is 13.0 Å². The predicted octanol–water partition coefficient (Wildman–Crippen LogP) is 2.98. The summed E-state index contributed by atoms with van der Waals surface area (Å²) in [7, 11) is 3.61. The molecular formula is C16H31NO3. The van der Waals surface area contributed by atoms with Crippen LogP contribution in [-0.2, 0) is 9.53 Å². The third kappa shape index (κ3) is 14.9. The molecule has 0 radical (unpaired) electrons. The van der Waals surface area contributed by atoms with Gasteiger partial charge in [0, 0.05) is 27.1 Å². The highest BCUT2D eigenvalue weighted by Gasteiger charge is 2.09. The molecule has 0 aliphatic carbocycles. The molecule has 4 nitrogen and oxygen atoms in total. The zero-order chi connectivity index (χ0) is 16.0. The van der Waals surface area contributed by atoms with Crippen LogP contribution in [0.3, 0.4) is 0 Å². The van der Waals surface area contributed by atoms with Crippen molar-refractivity contribution < 1.29 is 14.6 Å². The summed E-state index contributed by atoms with van der Waals surface area (Å²) in [4.78, 5) is 12.9. The lowest BCUT2D eigenvalue weighted by atomic mass is 10.00. The maximum Gasteiger partial charge on any atom is 0.222 e. The van der Waals surface area contributed by atoms with Gasteiger partial charge in [-0.15, -0.1) is 6.58 Å². The van der Waals surface area contributed by atoms with E-state index >= 15 is 0 Å². The van der Waals surface area contributed by atoms with Crippen LogP contribution in [0, 0.1) is 5.92 Å². The summed E-state index contributed by atoms with van der Waals surface area (Å²) < 4.78 is 4.63. The Labute approximate surface area is 124 Å². The van der Waals surface area contributed by atoms with Crippen LogP contribution in [0.1, 0.15) is 39.5 Å². The molecule has 1 unspecified atom stereocenters. The normalized spacial score (nSPS) is 12.7. The fourth-order valence-corrected chi connectivity index (χ4v) is 1.43. The summed E-state index contributed by atoms with van der Waals surface area (Å²) >= 11 is 0. The van der Waals surface area contributed by atoms with Gasteiger partial charge in [0.25, 0.3) is 0 Å². The van der Waals surface area contributed by atoms with Crippen molar-refractivity contribution in [3.05, 3.63) is 25.3 Å². The first-order chi connectivity index (χ1) is 9.38. The van der Waals surface area contributed by atoms with E-state index in [-0.39, 0.29) is 5.91 Å². The van der Waals surface area contributed by atoms with Gasteiger partial charge in [0.05, 0.1) is 0 Å². The fraction of sp³-hybridized carbons (Fsp3) is 0.688. The highest BCUT2D eigenvalue weighted by molar-refractivity contribution is 5.75. The van der Waals surface area contributed by atoms with Crippen LogP contribution in [0.15, 0.2) is 25.3 Å². The third-order valence-corrected chi connectivity index (χ3v) is 2.67. The zero-order valence-electron chi connectivity index (χ0n) is 13.5. The van der Waals surface area contributed by atoms with Gasteiger partial charge in [0.2, 0.25) is 5.91 Å². The number of nitrogens with zero attached hydrogens (tertiary/aromatic N) is 1. The minimum absolute atomic E-state index is 0.228. The maximum absolute atomic E-state index is 11.3. The summed E-state index contributed by atoms with van der Waals surface area (Å²) in [6.07, 6.45) is 6.47. The van der Waals surface area contributed by atoms with Gasteiger partial charge in [-0.3, -0.25) is 4.79 Å². The molecule has 1 N–H and O–H groups in total. The average Bonchev–Trinajstić information content (AvgIpc) is 2.39. The highest BCUT2D eigenvalue weighted by atomic mass is 16.6. The number of carbonyl (C=O) groups excluding carboxylic acids is 1. The van der Waals surface area contributed by atoms with Gasteiger partial charge in [-0.2, -0.15) is 0 Å². The van der Waals surface area contributed by atoms with Gasteiger partial charge in [-0.1, -0.05) is 19.6 Å². The molecule has 4 heteroatoms. The molecule has 0 saturated heterocycles. The van der Waals surface area contributed by atoms with E-state index in [1.54, 1.807) is 19.0 Å². The number of allylic oxidation sites excluding steroid dienone is 1. The smallest absolute Gasteiger partial charge is 0.222 e. The molecule has 118 valence electrons. The monoisotopic (exact) mass is 285 g/mol. The van der Waals surface area contributed by atoms with Crippen molar-refractivity contribution in [3.8, 4) is 0 Å². The molecule has 0 aromatic heterocycles. The molecule has 0 heterocycles. The second-order valence-corrected chi connectivity index (χ2v) is 4.90. The first-order valence-corrected chi connectivity index (χ1v) is 7.12. The Hall–Kier alpha value is -1.13. The van der Waals surface area contributed by atoms with Crippen molar-refractivity contribution in [2.45, 2.75) is 45.8 Å². The number of aliphatic hydroxyl groups excluding tert-OH is 1. The van der Waals surface area contributed by atoms with Crippen LogP contribution in [0.4, 0.5) is 0 Å². The number of hydrogen-bond acceptors (Lipinski definition) is 3. The standard InChI is InChI=1S/C11H21NO.C5H10O2/c1-5-6-7-8-10(2)9-11(13)12(3)4;1-3-5(6)7-4-2/h5,10H,1,6-9H2,2-4H3;3,5-6H,1,4H2,2H3/t10-;/m1./s1. The molecule has 0 aromatic carbocycles. The molecule has 0 spiro atoms. The Kier molecular flexibility index (Phi) is 15.1. The van der Waals surface area contributed by atoms with Crippen LogP contribution >= 0.6 is 0 Å². The SMILES string of the molecule is C=CC(O)OCC.C=CCCC[C@@H](C)CC(=O)N(C)C. The third-order valence-electron chi connectivity index (χ3n) is 2.67. The molecule has 20 heavy (non-hydrogen) atoms. The van der Waals surface area contributed by atoms with Gasteiger partial charge in [0.1, 0.15) is 0 Å². The first kappa shape index (κ1) is 21.2. The Morgan fingerprint density at radius 2 is 2.00 bits per heavy atom. The highest BCUT2D eigenvalue weighted by Crippen LogP contribution is 2.12. The van der Waals surface area contributed by atoms with Crippen molar-refractivity contribution in [2.24, 2.45) is 5.92 Å². The number of aliphatic hydroxyl groups is 1.